The fraction of sp³-hybridized carbons (Fsp3) is 0.387. The molecule has 3 aromatic carbocycles. The third kappa shape index (κ3) is 6.95. The lowest BCUT2D eigenvalue weighted by Crippen LogP contribution is -2.54. The molecule has 8 nitrogen and oxygen atoms in total. The SMILES string of the molecule is Cc1ccc(C(C(=O)Nc2ccc3ccccc3c2)N(C(=O)C(CO)NC(=O)OC(C)(C)C)C2CC2)cc1C. The lowest BCUT2D eigenvalue weighted by molar-refractivity contribution is -0.142. The van der Waals surface area contributed by atoms with E-state index < -0.39 is 36.3 Å². The number of rotatable bonds is 8. The second kappa shape index (κ2) is 11.5. The highest BCUT2D eigenvalue weighted by Gasteiger charge is 2.44. The van der Waals surface area contributed by atoms with Crippen LogP contribution in [-0.2, 0) is 14.3 Å². The van der Waals surface area contributed by atoms with E-state index in [1.54, 1.807) is 20.8 Å². The van der Waals surface area contributed by atoms with E-state index in [1.165, 1.54) is 4.90 Å². The summed E-state index contributed by atoms with van der Waals surface area (Å²) in [6, 6.07) is 16.8. The number of hydrogen-bond donors (Lipinski definition) is 3. The molecule has 3 aromatic rings. The molecule has 1 aliphatic carbocycles. The van der Waals surface area contributed by atoms with Crippen molar-refractivity contribution in [3.63, 3.8) is 0 Å². The van der Waals surface area contributed by atoms with Gasteiger partial charge in [0.2, 0.25) is 5.91 Å². The standard InChI is InChI=1S/C31H37N3O5/c1-19-10-11-23(16-20(19)2)27(28(36)32-24-13-12-21-8-6-7-9-22(21)17-24)34(25-14-15-25)29(37)26(18-35)33-30(38)39-31(3,4)5/h6-13,16-17,25-27,35H,14-15,18H2,1-5H3,(H,32,36)(H,33,38). The van der Waals surface area contributed by atoms with Crippen LogP contribution < -0.4 is 10.6 Å². The van der Waals surface area contributed by atoms with Crippen molar-refractivity contribution in [2.75, 3.05) is 11.9 Å². The molecule has 39 heavy (non-hydrogen) atoms. The minimum Gasteiger partial charge on any atom is -0.444 e. The van der Waals surface area contributed by atoms with Gasteiger partial charge in [-0.2, -0.15) is 0 Å². The molecule has 0 saturated heterocycles. The van der Waals surface area contributed by atoms with Crippen molar-refractivity contribution in [1.82, 2.24) is 10.2 Å². The van der Waals surface area contributed by atoms with Gasteiger partial charge in [0.1, 0.15) is 17.7 Å². The lowest BCUT2D eigenvalue weighted by atomic mass is 9.98. The normalized spacial score (nSPS) is 14.8. The van der Waals surface area contributed by atoms with E-state index in [9.17, 15) is 19.5 Å². The largest absolute Gasteiger partial charge is 0.444 e. The van der Waals surface area contributed by atoms with Crippen LogP contribution in [0.5, 0.6) is 0 Å². The number of fused-ring (bicyclic) bond motifs is 1. The molecule has 2 unspecified atom stereocenters. The van der Waals surface area contributed by atoms with Crippen molar-refractivity contribution >= 4 is 34.4 Å². The first kappa shape index (κ1) is 28.1. The van der Waals surface area contributed by atoms with E-state index in [0.717, 1.165) is 34.7 Å². The fourth-order valence-electron chi connectivity index (χ4n) is 4.54. The first-order chi connectivity index (χ1) is 18.5. The Morgan fingerprint density at radius 3 is 2.28 bits per heavy atom. The summed E-state index contributed by atoms with van der Waals surface area (Å²) in [5, 5.41) is 17.6. The summed E-state index contributed by atoms with van der Waals surface area (Å²) in [5.41, 5.74) is 2.55. The zero-order valence-corrected chi connectivity index (χ0v) is 23.2. The second-order valence-electron chi connectivity index (χ2n) is 11.2. The van der Waals surface area contributed by atoms with E-state index in [1.807, 2.05) is 74.5 Å². The van der Waals surface area contributed by atoms with Crippen molar-refractivity contribution in [3.8, 4) is 0 Å². The Balaban J connectivity index is 1.68. The Hall–Kier alpha value is -3.91. The Bertz CT molecular complexity index is 1380. The van der Waals surface area contributed by atoms with Crippen LogP contribution in [0, 0.1) is 13.8 Å². The molecule has 0 aromatic heterocycles. The van der Waals surface area contributed by atoms with Crippen molar-refractivity contribution in [3.05, 3.63) is 77.4 Å². The molecule has 4 rings (SSSR count). The smallest absolute Gasteiger partial charge is 0.408 e. The number of aliphatic hydroxyl groups excluding tert-OH is 1. The quantitative estimate of drug-likeness (QED) is 0.379. The lowest BCUT2D eigenvalue weighted by Gasteiger charge is -2.34. The molecule has 0 spiro atoms. The van der Waals surface area contributed by atoms with E-state index in [4.69, 9.17) is 4.74 Å². The van der Waals surface area contributed by atoms with Crippen LogP contribution >= 0.6 is 0 Å². The van der Waals surface area contributed by atoms with Crippen LogP contribution in [0.3, 0.4) is 0 Å². The molecule has 1 aliphatic rings. The summed E-state index contributed by atoms with van der Waals surface area (Å²) in [7, 11) is 0. The van der Waals surface area contributed by atoms with E-state index in [0.29, 0.717) is 11.3 Å². The molecule has 8 heteroatoms. The van der Waals surface area contributed by atoms with Gasteiger partial charge in [0, 0.05) is 11.7 Å². The van der Waals surface area contributed by atoms with E-state index in [-0.39, 0.29) is 11.9 Å². The average Bonchev–Trinajstić information content (AvgIpc) is 3.71. The fourth-order valence-corrected chi connectivity index (χ4v) is 4.54. The van der Waals surface area contributed by atoms with Gasteiger partial charge in [-0.05, 0) is 87.1 Å². The van der Waals surface area contributed by atoms with Gasteiger partial charge < -0.3 is 25.4 Å². The monoisotopic (exact) mass is 531 g/mol. The van der Waals surface area contributed by atoms with Gasteiger partial charge in [0.25, 0.3) is 5.91 Å². The van der Waals surface area contributed by atoms with Crippen LogP contribution in [0.25, 0.3) is 10.8 Å². The highest BCUT2D eigenvalue weighted by molar-refractivity contribution is 6.00. The predicted molar refractivity (Wildman–Crippen MR) is 151 cm³/mol. The zero-order valence-electron chi connectivity index (χ0n) is 23.2. The molecular formula is C31H37N3O5. The first-order valence-electron chi connectivity index (χ1n) is 13.3. The Morgan fingerprint density at radius 1 is 0.974 bits per heavy atom. The maximum absolute atomic E-state index is 14.0. The highest BCUT2D eigenvalue weighted by atomic mass is 16.6. The van der Waals surface area contributed by atoms with Gasteiger partial charge in [-0.15, -0.1) is 0 Å². The molecule has 0 radical (unpaired) electrons. The van der Waals surface area contributed by atoms with Crippen molar-refractivity contribution in [2.45, 2.75) is 71.2 Å². The molecule has 0 heterocycles. The summed E-state index contributed by atoms with van der Waals surface area (Å²) in [5.74, 6) is -0.912. The number of aliphatic hydroxyl groups is 1. The van der Waals surface area contributed by atoms with Gasteiger partial charge in [0.15, 0.2) is 0 Å². The zero-order chi connectivity index (χ0) is 28.3. The topological polar surface area (TPSA) is 108 Å². The number of amides is 3. The van der Waals surface area contributed by atoms with Crippen LogP contribution in [0.4, 0.5) is 10.5 Å². The molecule has 3 N–H and O–H groups in total. The number of nitrogens with zero attached hydrogens (tertiary/aromatic N) is 1. The van der Waals surface area contributed by atoms with Crippen LogP contribution in [0.1, 0.15) is 56.3 Å². The molecule has 1 fully saturated rings. The van der Waals surface area contributed by atoms with Crippen molar-refractivity contribution in [1.29, 1.82) is 0 Å². The number of hydrogen-bond acceptors (Lipinski definition) is 5. The van der Waals surface area contributed by atoms with Crippen molar-refractivity contribution < 1.29 is 24.2 Å². The third-order valence-electron chi connectivity index (χ3n) is 6.76. The summed E-state index contributed by atoms with van der Waals surface area (Å²) in [6.07, 6.45) is 0.635. The van der Waals surface area contributed by atoms with Crippen LogP contribution in [-0.4, -0.2) is 52.2 Å². The molecule has 0 aliphatic heterocycles. The van der Waals surface area contributed by atoms with Gasteiger partial charge in [-0.1, -0.05) is 48.5 Å². The van der Waals surface area contributed by atoms with E-state index >= 15 is 0 Å². The summed E-state index contributed by atoms with van der Waals surface area (Å²) < 4.78 is 5.30. The maximum atomic E-state index is 14.0. The van der Waals surface area contributed by atoms with E-state index in [2.05, 4.69) is 10.6 Å². The number of nitrogens with one attached hydrogen (secondary N) is 2. The summed E-state index contributed by atoms with van der Waals surface area (Å²) in [6.45, 7) is 8.46. The number of alkyl carbamates (subject to hydrolysis) is 1. The highest BCUT2D eigenvalue weighted by Crippen LogP contribution is 2.36. The molecule has 206 valence electrons. The van der Waals surface area contributed by atoms with Gasteiger partial charge >= 0.3 is 6.09 Å². The number of carbonyl (C=O) groups is 3. The number of benzene rings is 3. The van der Waals surface area contributed by atoms with Gasteiger partial charge in [-0.25, -0.2) is 4.79 Å². The first-order valence-corrected chi connectivity index (χ1v) is 13.3. The molecule has 1 saturated carbocycles. The molecular weight excluding hydrogens is 494 g/mol. The number of aryl methyl sites for hydroxylation is 2. The van der Waals surface area contributed by atoms with Gasteiger partial charge in [0.05, 0.1) is 6.61 Å². The summed E-state index contributed by atoms with van der Waals surface area (Å²) in [4.78, 5) is 41.8. The number of carbonyl (C=O) groups excluding carboxylic acids is 3. The minimum absolute atomic E-state index is 0.194. The molecule has 0 bridgehead atoms. The molecule has 3 amide bonds. The second-order valence-corrected chi connectivity index (χ2v) is 11.2. The Morgan fingerprint density at radius 2 is 1.67 bits per heavy atom. The average molecular weight is 532 g/mol. The van der Waals surface area contributed by atoms with Gasteiger partial charge in [-0.3, -0.25) is 9.59 Å². The number of ether oxygens (including phenoxy) is 1. The van der Waals surface area contributed by atoms with Crippen LogP contribution in [0.2, 0.25) is 0 Å². The Labute approximate surface area is 229 Å². The van der Waals surface area contributed by atoms with Crippen LogP contribution in [0.15, 0.2) is 60.7 Å². The summed E-state index contributed by atoms with van der Waals surface area (Å²) >= 11 is 0. The minimum atomic E-state index is -1.26. The predicted octanol–water partition coefficient (Wildman–Crippen LogP) is 5.01. The Kier molecular flexibility index (Phi) is 8.25. The third-order valence-corrected chi connectivity index (χ3v) is 6.76. The van der Waals surface area contributed by atoms with Crippen molar-refractivity contribution in [2.24, 2.45) is 0 Å². The molecule has 2 atom stereocenters. The number of anilines is 1. The maximum Gasteiger partial charge on any atom is 0.408 e.